The van der Waals surface area contributed by atoms with E-state index in [0.29, 0.717) is 24.0 Å². The predicted molar refractivity (Wildman–Crippen MR) is 121 cm³/mol. The number of H-pyrrole nitrogens is 1. The van der Waals surface area contributed by atoms with Gasteiger partial charge in [0.05, 0.1) is 25.2 Å². The number of hydrazine groups is 1. The number of ether oxygens (including phenoxy) is 2. The number of hydrogen-bond donors (Lipinski definition) is 3. The topological polar surface area (TPSA) is 92.5 Å². The number of benzene rings is 2. The Hall–Kier alpha value is -3.19. The van der Waals surface area contributed by atoms with Crippen molar-refractivity contribution in [2.24, 2.45) is 5.92 Å². The van der Waals surface area contributed by atoms with E-state index in [1.807, 2.05) is 24.3 Å². The fourth-order valence-corrected chi connectivity index (χ4v) is 3.35. The molecule has 0 aliphatic rings. The lowest BCUT2D eigenvalue weighted by Gasteiger charge is -2.15. The molecule has 0 atom stereocenters. The summed E-state index contributed by atoms with van der Waals surface area (Å²) in [5.41, 5.74) is 6.88. The summed E-state index contributed by atoms with van der Waals surface area (Å²) >= 11 is 6.31. The van der Waals surface area contributed by atoms with Crippen molar-refractivity contribution in [3.8, 4) is 11.5 Å². The second-order valence-corrected chi connectivity index (χ2v) is 7.97. The van der Waals surface area contributed by atoms with Crippen LogP contribution < -0.4 is 20.3 Å². The largest absolute Gasteiger partial charge is 0.493 e. The molecule has 1 aromatic heterocycles. The SMILES string of the molecule is COc1cc(C(=O)NNC(=O)Cc2c[nH]c3ccccc23)cc(Cl)c1OCCC(C)C. The molecule has 0 spiro atoms. The molecule has 0 fully saturated rings. The van der Waals surface area contributed by atoms with Gasteiger partial charge in [-0.3, -0.25) is 20.4 Å². The standard InChI is InChI=1S/C23H26ClN3O4/c1-14(2)8-9-31-22-18(24)10-15(11-20(22)30-3)23(29)27-26-21(28)12-16-13-25-19-7-5-4-6-17(16)19/h4-7,10-11,13-14,25H,8-9,12H2,1-3H3,(H,26,28)(H,27,29). The first-order valence-electron chi connectivity index (χ1n) is 10.0. The smallest absolute Gasteiger partial charge is 0.269 e. The molecule has 3 N–H and O–H groups in total. The number of carbonyl (C=O) groups is 2. The number of methoxy groups -OCH3 is 1. The van der Waals surface area contributed by atoms with Gasteiger partial charge in [-0.15, -0.1) is 0 Å². The zero-order chi connectivity index (χ0) is 22.4. The van der Waals surface area contributed by atoms with Crippen molar-refractivity contribution >= 4 is 34.3 Å². The van der Waals surface area contributed by atoms with Gasteiger partial charge in [0.1, 0.15) is 0 Å². The Labute approximate surface area is 186 Å². The summed E-state index contributed by atoms with van der Waals surface area (Å²) in [6.45, 7) is 4.69. The lowest BCUT2D eigenvalue weighted by molar-refractivity contribution is -0.121. The van der Waals surface area contributed by atoms with Crippen LogP contribution >= 0.6 is 11.6 Å². The average molecular weight is 444 g/mol. The minimum atomic E-state index is -0.513. The molecule has 0 saturated heterocycles. The van der Waals surface area contributed by atoms with Crippen LogP contribution in [0.4, 0.5) is 0 Å². The molecule has 2 amide bonds. The quantitative estimate of drug-likeness (QED) is 0.453. The van der Waals surface area contributed by atoms with E-state index >= 15 is 0 Å². The number of aromatic amines is 1. The molecule has 164 valence electrons. The Bertz CT molecular complexity index is 1080. The Morgan fingerprint density at radius 2 is 1.94 bits per heavy atom. The van der Waals surface area contributed by atoms with E-state index < -0.39 is 5.91 Å². The van der Waals surface area contributed by atoms with Gasteiger partial charge in [0.2, 0.25) is 5.91 Å². The van der Waals surface area contributed by atoms with Crippen LogP contribution in [0.25, 0.3) is 10.9 Å². The third-order valence-corrected chi connectivity index (χ3v) is 5.06. The Balaban J connectivity index is 1.61. The van der Waals surface area contributed by atoms with Crippen LogP contribution in [-0.2, 0) is 11.2 Å². The minimum Gasteiger partial charge on any atom is -0.493 e. The maximum absolute atomic E-state index is 12.5. The minimum absolute atomic E-state index is 0.122. The highest BCUT2D eigenvalue weighted by atomic mass is 35.5. The van der Waals surface area contributed by atoms with Crippen molar-refractivity contribution in [2.45, 2.75) is 26.7 Å². The molecule has 0 unspecified atom stereocenters. The molecule has 3 aromatic rings. The van der Waals surface area contributed by atoms with E-state index in [1.54, 1.807) is 6.20 Å². The lowest BCUT2D eigenvalue weighted by Crippen LogP contribution is -2.42. The van der Waals surface area contributed by atoms with Gasteiger partial charge >= 0.3 is 0 Å². The predicted octanol–water partition coefficient (Wildman–Crippen LogP) is 4.26. The molecular weight excluding hydrogens is 418 g/mol. The van der Waals surface area contributed by atoms with Crippen LogP contribution in [0.5, 0.6) is 11.5 Å². The molecule has 0 saturated carbocycles. The van der Waals surface area contributed by atoms with Gasteiger partial charge < -0.3 is 14.5 Å². The number of aromatic nitrogens is 1. The number of fused-ring (bicyclic) bond motifs is 1. The van der Waals surface area contributed by atoms with Crippen LogP contribution in [0.3, 0.4) is 0 Å². The summed E-state index contributed by atoms with van der Waals surface area (Å²) in [5, 5.41) is 1.23. The normalized spacial score (nSPS) is 10.9. The molecule has 1 heterocycles. The fourth-order valence-electron chi connectivity index (χ4n) is 3.08. The van der Waals surface area contributed by atoms with Gasteiger partial charge in [-0.2, -0.15) is 0 Å². The monoisotopic (exact) mass is 443 g/mol. The molecule has 0 aliphatic carbocycles. The van der Waals surface area contributed by atoms with E-state index in [0.717, 1.165) is 22.9 Å². The molecular formula is C23H26ClN3O4. The van der Waals surface area contributed by atoms with Crippen molar-refractivity contribution in [3.63, 3.8) is 0 Å². The number of halogens is 1. The van der Waals surface area contributed by atoms with Crippen molar-refractivity contribution in [2.75, 3.05) is 13.7 Å². The summed E-state index contributed by atoms with van der Waals surface area (Å²) in [6.07, 6.45) is 2.77. The summed E-state index contributed by atoms with van der Waals surface area (Å²) in [4.78, 5) is 27.9. The van der Waals surface area contributed by atoms with E-state index in [4.69, 9.17) is 21.1 Å². The van der Waals surface area contributed by atoms with Gasteiger partial charge in [0.15, 0.2) is 11.5 Å². The Morgan fingerprint density at radius 3 is 2.68 bits per heavy atom. The maximum atomic E-state index is 12.5. The van der Waals surface area contributed by atoms with Crippen LogP contribution in [0.15, 0.2) is 42.6 Å². The van der Waals surface area contributed by atoms with Gasteiger partial charge in [-0.25, -0.2) is 0 Å². The molecule has 3 rings (SSSR count). The van der Waals surface area contributed by atoms with Crippen molar-refractivity contribution in [3.05, 3.63) is 58.7 Å². The highest BCUT2D eigenvalue weighted by molar-refractivity contribution is 6.32. The summed E-state index contributed by atoms with van der Waals surface area (Å²) < 4.78 is 11.1. The number of carbonyl (C=O) groups excluding carboxylic acids is 2. The molecule has 2 aromatic carbocycles. The van der Waals surface area contributed by atoms with Gasteiger partial charge in [-0.05, 0) is 36.1 Å². The first-order chi connectivity index (χ1) is 14.9. The number of nitrogens with one attached hydrogen (secondary N) is 3. The third kappa shape index (κ3) is 5.70. The molecule has 8 heteroatoms. The van der Waals surface area contributed by atoms with E-state index in [2.05, 4.69) is 29.7 Å². The number of hydrogen-bond acceptors (Lipinski definition) is 4. The second kappa shape index (κ2) is 10.2. The molecule has 31 heavy (non-hydrogen) atoms. The van der Waals surface area contributed by atoms with Crippen LogP contribution in [0.2, 0.25) is 5.02 Å². The van der Waals surface area contributed by atoms with Gasteiger partial charge in [0.25, 0.3) is 5.91 Å². The maximum Gasteiger partial charge on any atom is 0.269 e. The number of para-hydroxylation sites is 1. The molecule has 0 radical (unpaired) electrons. The zero-order valence-electron chi connectivity index (χ0n) is 17.8. The summed E-state index contributed by atoms with van der Waals surface area (Å²) in [6, 6.07) is 10.7. The van der Waals surface area contributed by atoms with Crippen LogP contribution in [0.1, 0.15) is 36.2 Å². The van der Waals surface area contributed by atoms with Crippen molar-refractivity contribution in [1.82, 2.24) is 15.8 Å². The lowest BCUT2D eigenvalue weighted by atomic mass is 10.1. The van der Waals surface area contributed by atoms with E-state index in [1.165, 1.54) is 19.2 Å². The average Bonchev–Trinajstić information content (AvgIpc) is 3.15. The van der Waals surface area contributed by atoms with Crippen LogP contribution in [0, 0.1) is 5.92 Å². The van der Waals surface area contributed by atoms with Crippen molar-refractivity contribution in [1.29, 1.82) is 0 Å². The Kier molecular flexibility index (Phi) is 7.41. The van der Waals surface area contributed by atoms with E-state index in [-0.39, 0.29) is 22.9 Å². The first-order valence-corrected chi connectivity index (χ1v) is 10.4. The summed E-state index contributed by atoms with van der Waals surface area (Å²) in [7, 11) is 1.48. The highest BCUT2D eigenvalue weighted by Gasteiger charge is 2.17. The fraction of sp³-hybridized carbons (Fsp3) is 0.304. The molecule has 0 bridgehead atoms. The molecule has 7 nitrogen and oxygen atoms in total. The number of rotatable bonds is 8. The van der Waals surface area contributed by atoms with E-state index in [9.17, 15) is 9.59 Å². The van der Waals surface area contributed by atoms with Crippen molar-refractivity contribution < 1.29 is 19.1 Å². The first kappa shape index (κ1) is 22.5. The number of amides is 2. The highest BCUT2D eigenvalue weighted by Crippen LogP contribution is 2.36. The van der Waals surface area contributed by atoms with Crippen LogP contribution in [-0.4, -0.2) is 30.5 Å². The third-order valence-electron chi connectivity index (χ3n) is 4.77. The van der Waals surface area contributed by atoms with Gasteiger partial charge in [-0.1, -0.05) is 43.6 Å². The van der Waals surface area contributed by atoms with Gasteiger partial charge in [0, 0.05) is 22.7 Å². The Morgan fingerprint density at radius 1 is 1.16 bits per heavy atom. The summed E-state index contributed by atoms with van der Waals surface area (Å²) in [5.74, 6) is 0.380. The molecule has 0 aliphatic heterocycles. The second-order valence-electron chi connectivity index (χ2n) is 7.56. The zero-order valence-corrected chi connectivity index (χ0v) is 18.5.